The summed E-state index contributed by atoms with van der Waals surface area (Å²) in [6.45, 7) is 6.11. The van der Waals surface area contributed by atoms with Gasteiger partial charge in [0.15, 0.2) is 0 Å². The first-order chi connectivity index (χ1) is 5.57. The quantitative estimate of drug-likeness (QED) is 0.738. The van der Waals surface area contributed by atoms with Crippen LogP contribution in [0, 0.1) is 0 Å². The van der Waals surface area contributed by atoms with Gasteiger partial charge in [-0.2, -0.15) is 0 Å². The van der Waals surface area contributed by atoms with Crippen LogP contribution in [0.25, 0.3) is 0 Å². The van der Waals surface area contributed by atoms with Crippen molar-refractivity contribution in [1.82, 2.24) is 0 Å². The van der Waals surface area contributed by atoms with E-state index in [1.807, 2.05) is 19.1 Å². The van der Waals surface area contributed by atoms with Crippen molar-refractivity contribution in [3.05, 3.63) is 34.0 Å². The van der Waals surface area contributed by atoms with Crippen molar-refractivity contribution in [3.63, 3.8) is 0 Å². The van der Waals surface area contributed by atoms with Gasteiger partial charge in [-0.15, -0.1) is 0 Å². The number of allylic oxidation sites excluding steroid dienone is 6. The van der Waals surface area contributed by atoms with Crippen LogP contribution < -0.4 is 5.73 Å². The predicted molar refractivity (Wildman–Crippen MR) is 59.0 cm³/mol. The molecule has 0 amide bonds. The molecule has 0 rings (SSSR count). The summed E-state index contributed by atoms with van der Waals surface area (Å²) in [6.07, 6.45) is 7.13. The molecule has 2 N–H and O–H groups in total. The Morgan fingerprint density at radius 1 is 1.42 bits per heavy atom. The molecule has 0 radical (unpaired) electrons. The molecule has 0 saturated heterocycles. The highest BCUT2D eigenvalue weighted by Gasteiger charge is 1.86. The van der Waals surface area contributed by atoms with Gasteiger partial charge in [-0.3, -0.25) is 0 Å². The highest BCUT2D eigenvalue weighted by molar-refractivity contribution is 9.11. The lowest BCUT2D eigenvalue weighted by molar-refractivity contribution is 1.10. The Kier molecular flexibility index (Phi) is 5.81. The van der Waals surface area contributed by atoms with Crippen molar-refractivity contribution in [3.8, 4) is 0 Å². The summed E-state index contributed by atoms with van der Waals surface area (Å²) in [5, 5.41) is 0. The monoisotopic (exact) mass is 229 g/mol. The molecule has 0 bridgehead atoms. The first-order valence-electron chi connectivity index (χ1n) is 4.03. The van der Waals surface area contributed by atoms with Crippen molar-refractivity contribution >= 4 is 15.9 Å². The van der Waals surface area contributed by atoms with Gasteiger partial charge >= 0.3 is 0 Å². The van der Waals surface area contributed by atoms with Gasteiger partial charge in [0.05, 0.1) is 0 Å². The molecular formula is C10H16BrN. The topological polar surface area (TPSA) is 26.0 Å². The van der Waals surface area contributed by atoms with Crippen LogP contribution in [0.2, 0.25) is 0 Å². The average molecular weight is 230 g/mol. The van der Waals surface area contributed by atoms with Crippen molar-refractivity contribution in [2.45, 2.75) is 27.2 Å². The highest BCUT2D eigenvalue weighted by atomic mass is 79.9. The minimum atomic E-state index is 0.800. The van der Waals surface area contributed by atoms with E-state index in [0.717, 1.165) is 16.6 Å². The molecule has 68 valence electrons. The normalized spacial score (nSPS) is 15.2. The highest BCUT2D eigenvalue weighted by Crippen LogP contribution is 2.09. The van der Waals surface area contributed by atoms with Gasteiger partial charge in [-0.05, 0) is 42.3 Å². The lowest BCUT2D eigenvalue weighted by Crippen LogP contribution is -1.91. The SMILES string of the molecule is CC/C(C)=C/C=C\C(Br)=C(/C)N. The van der Waals surface area contributed by atoms with Crippen molar-refractivity contribution in [1.29, 1.82) is 0 Å². The van der Waals surface area contributed by atoms with Crippen LogP contribution >= 0.6 is 15.9 Å². The van der Waals surface area contributed by atoms with Crippen LogP contribution in [0.1, 0.15) is 27.2 Å². The maximum absolute atomic E-state index is 5.55. The number of hydrogen-bond acceptors (Lipinski definition) is 1. The minimum absolute atomic E-state index is 0.800. The Hall–Kier alpha value is -0.500. The van der Waals surface area contributed by atoms with Gasteiger partial charge in [0, 0.05) is 10.2 Å². The lowest BCUT2D eigenvalue weighted by Gasteiger charge is -1.92. The zero-order chi connectivity index (χ0) is 9.56. The van der Waals surface area contributed by atoms with Crippen LogP contribution in [0.15, 0.2) is 34.0 Å². The summed E-state index contributed by atoms with van der Waals surface area (Å²) >= 11 is 3.35. The van der Waals surface area contributed by atoms with Gasteiger partial charge in [-0.25, -0.2) is 0 Å². The lowest BCUT2D eigenvalue weighted by atomic mass is 10.2. The van der Waals surface area contributed by atoms with Crippen LogP contribution in [0.3, 0.4) is 0 Å². The number of nitrogens with two attached hydrogens (primary N) is 1. The van der Waals surface area contributed by atoms with Crippen LogP contribution in [-0.4, -0.2) is 0 Å². The predicted octanol–water partition coefficient (Wildman–Crippen LogP) is 3.48. The second kappa shape index (κ2) is 6.06. The van der Waals surface area contributed by atoms with Crippen molar-refractivity contribution in [2.24, 2.45) is 5.73 Å². The Balaban J connectivity index is 4.19. The maximum atomic E-state index is 5.55. The van der Waals surface area contributed by atoms with E-state index in [4.69, 9.17) is 5.73 Å². The van der Waals surface area contributed by atoms with Crippen molar-refractivity contribution < 1.29 is 0 Å². The molecule has 0 fully saturated rings. The van der Waals surface area contributed by atoms with E-state index >= 15 is 0 Å². The third kappa shape index (κ3) is 5.19. The summed E-state index contributed by atoms with van der Waals surface area (Å²) in [4.78, 5) is 0. The summed E-state index contributed by atoms with van der Waals surface area (Å²) in [6, 6.07) is 0. The van der Waals surface area contributed by atoms with Crippen LogP contribution in [0.5, 0.6) is 0 Å². The molecule has 0 aliphatic rings. The summed E-state index contributed by atoms with van der Waals surface area (Å²) < 4.78 is 0.947. The number of rotatable bonds is 3. The van der Waals surface area contributed by atoms with E-state index < -0.39 is 0 Å². The van der Waals surface area contributed by atoms with Crippen LogP contribution in [-0.2, 0) is 0 Å². The molecule has 0 aliphatic carbocycles. The van der Waals surface area contributed by atoms with Crippen molar-refractivity contribution in [2.75, 3.05) is 0 Å². The number of hydrogen-bond donors (Lipinski definition) is 1. The summed E-state index contributed by atoms with van der Waals surface area (Å²) in [7, 11) is 0. The molecule has 1 nitrogen and oxygen atoms in total. The van der Waals surface area contributed by atoms with E-state index in [2.05, 4.69) is 35.9 Å². The molecule has 0 atom stereocenters. The maximum Gasteiger partial charge on any atom is 0.0359 e. The fraction of sp³-hybridized carbons (Fsp3) is 0.400. The molecule has 0 aromatic heterocycles. The number of halogens is 1. The molecule has 0 spiro atoms. The van der Waals surface area contributed by atoms with E-state index in [-0.39, 0.29) is 0 Å². The Morgan fingerprint density at radius 3 is 2.42 bits per heavy atom. The second-order valence-electron chi connectivity index (χ2n) is 2.76. The smallest absolute Gasteiger partial charge is 0.0359 e. The molecule has 0 unspecified atom stereocenters. The zero-order valence-corrected chi connectivity index (χ0v) is 9.48. The van der Waals surface area contributed by atoms with E-state index in [1.165, 1.54) is 5.57 Å². The molecule has 0 saturated carbocycles. The van der Waals surface area contributed by atoms with Gasteiger partial charge in [0.25, 0.3) is 0 Å². The first-order valence-corrected chi connectivity index (χ1v) is 4.83. The largest absolute Gasteiger partial charge is 0.401 e. The van der Waals surface area contributed by atoms with E-state index in [1.54, 1.807) is 0 Å². The molecule has 0 aliphatic heterocycles. The van der Waals surface area contributed by atoms with E-state index in [9.17, 15) is 0 Å². The molecule has 2 heteroatoms. The van der Waals surface area contributed by atoms with Crippen LogP contribution in [0.4, 0.5) is 0 Å². The Labute approximate surface area is 83.2 Å². The van der Waals surface area contributed by atoms with E-state index in [0.29, 0.717) is 0 Å². The molecule has 0 aromatic carbocycles. The molecule has 12 heavy (non-hydrogen) atoms. The average Bonchev–Trinajstić information content (AvgIpc) is 2.03. The zero-order valence-electron chi connectivity index (χ0n) is 7.89. The van der Waals surface area contributed by atoms with Gasteiger partial charge in [-0.1, -0.05) is 24.6 Å². The van der Waals surface area contributed by atoms with Gasteiger partial charge < -0.3 is 5.73 Å². The Bertz CT molecular complexity index is 220. The molecule has 0 heterocycles. The summed E-state index contributed by atoms with van der Waals surface area (Å²) in [5.74, 6) is 0. The van der Waals surface area contributed by atoms with Gasteiger partial charge in [0.2, 0.25) is 0 Å². The van der Waals surface area contributed by atoms with Gasteiger partial charge in [0.1, 0.15) is 0 Å². The summed E-state index contributed by atoms with van der Waals surface area (Å²) in [5.41, 5.74) is 7.71. The minimum Gasteiger partial charge on any atom is -0.401 e. The third-order valence-electron chi connectivity index (χ3n) is 1.56. The standard InChI is InChI=1S/C10H16BrN/c1-4-8(2)6-5-7-10(11)9(3)12/h5-7H,4,12H2,1-3H3/b7-5-,8-6+,10-9-. The fourth-order valence-electron chi connectivity index (χ4n) is 0.546. The third-order valence-corrected chi connectivity index (χ3v) is 2.45. The molecular weight excluding hydrogens is 214 g/mol. The second-order valence-corrected chi connectivity index (χ2v) is 3.61. The Morgan fingerprint density at radius 2 is 2.00 bits per heavy atom. The molecule has 0 aromatic rings. The first kappa shape index (κ1) is 11.5. The fourth-order valence-corrected chi connectivity index (χ4v) is 0.699.